The zero-order valence-electron chi connectivity index (χ0n) is 13.1. The molecule has 0 fully saturated rings. The fourth-order valence-electron chi connectivity index (χ4n) is 1.74. The average molecular weight is 352 g/mol. The minimum absolute atomic E-state index is 0.798. The summed E-state index contributed by atoms with van der Waals surface area (Å²) in [5.41, 5.74) is 1.33. The van der Waals surface area contributed by atoms with E-state index in [1.54, 1.807) is 32.3 Å². The number of hydrogen-bond acceptors (Lipinski definition) is 6. The van der Waals surface area contributed by atoms with Gasteiger partial charge in [-0.25, -0.2) is 4.31 Å². The predicted molar refractivity (Wildman–Crippen MR) is 96.1 cm³/mol. The molecule has 0 radical (unpaired) electrons. The Kier molecular flexibility index (Phi) is 9.83. The predicted octanol–water partition coefficient (Wildman–Crippen LogP) is 4.29. The van der Waals surface area contributed by atoms with Crippen LogP contribution in [0.5, 0.6) is 0 Å². The number of benzene rings is 1. The second kappa shape index (κ2) is 10.8. The largest absolute Gasteiger partial charge is 0.296 e. The Morgan fingerprint density at radius 3 is 2.24 bits per heavy atom. The number of nitrogens with zero attached hydrogens (tertiary/aromatic N) is 1. The molecule has 0 aliphatic heterocycles. The highest BCUT2D eigenvalue weighted by atomic mass is 33.1. The zero-order chi connectivity index (χ0) is 15.6. The van der Waals surface area contributed by atoms with Gasteiger partial charge in [0.15, 0.2) is 0 Å². The molecule has 0 aromatic heterocycles. The van der Waals surface area contributed by atoms with Crippen molar-refractivity contribution in [1.82, 2.24) is 4.31 Å². The second-order valence-electron chi connectivity index (χ2n) is 4.28. The van der Waals surface area contributed by atoms with Crippen LogP contribution in [0, 0.1) is 0 Å². The molecule has 21 heavy (non-hydrogen) atoms. The number of hydrogen-bond donors (Lipinski definition) is 0. The van der Waals surface area contributed by atoms with Crippen molar-refractivity contribution < 1.29 is 12.5 Å². The Labute approximate surface area is 138 Å². The molecule has 0 aliphatic carbocycles. The van der Waals surface area contributed by atoms with Crippen LogP contribution in [0.4, 0.5) is 0 Å². The lowest BCUT2D eigenvalue weighted by molar-refractivity contribution is 0.248. The lowest BCUT2D eigenvalue weighted by atomic mass is 10.2. The van der Waals surface area contributed by atoms with Crippen molar-refractivity contribution in [2.24, 2.45) is 0 Å². The minimum atomic E-state index is -1.80. The van der Waals surface area contributed by atoms with Crippen LogP contribution in [0.3, 0.4) is 0 Å². The summed E-state index contributed by atoms with van der Waals surface area (Å²) in [6, 6.07) is 10.5. The van der Waals surface area contributed by atoms with E-state index in [9.17, 15) is 0 Å². The van der Waals surface area contributed by atoms with E-state index >= 15 is 0 Å². The fourth-order valence-corrected chi connectivity index (χ4v) is 5.33. The summed E-state index contributed by atoms with van der Waals surface area (Å²) in [6.45, 7) is 0.946. The standard InChI is InChI=1S/C14H25NO3S3/c1-15(13-14-9-6-5-7-10-14)20-19-11-8-12-21(16-2,17-3)18-4/h5-7,9-10H,8,11-13H2,1-4H3. The first-order chi connectivity index (χ1) is 10.2. The molecule has 0 amide bonds. The van der Waals surface area contributed by atoms with E-state index in [1.165, 1.54) is 5.56 Å². The summed E-state index contributed by atoms with van der Waals surface area (Å²) < 4.78 is 18.3. The highest BCUT2D eigenvalue weighted by molar-refractivity contribution is 8.75. The van der Waals surface area contributed by atoms with Gasteiger partial charge in [-0.05, 0) is 30.0 Å². The first-order valence-electron chi connectivity index (χ1n) is 6.68. The van der Waals surface area contributed by atoms with Crippen molar-refractivity contribution >= 4 is 32.6 Å². The molecule has 122 valence electrons. The van der Waals surface area contributed by atoms with Crippen molar-refractivity contribution in [2.75, 3.05) is 39.9 Å². The SMILES string of the molecule is COS(CCCSSN(C)Cc1ccccc1)(OC)OC. The molecule has 0 atom stereocenters. The third-order valence-electron chi connectivity index (χ3n) is 2.81. The molecule has 1 aromatic rings. The summed E-state index contributed by atoms with van der Waals surface area (Å²) in [4.78, 5) is 0. The van der Waals surface area contributed by atoms with Crippen LogP contribution in [0.2, 0.25) is 0 Å². The molecule has 0 saturated carbocycles. The van der Waals surface area contributed by atoms with Crippen LogP contribution in [0.15, 0.2) is 30.3 Å². The number of rotatable bonds is 11. The third kappa shape index (κ3) is 7.27. The van der Waals surface area contributed by atoms with Crippen LogP contribution >= 0.6 is 32.6 Å². The van der Waals surface area contributed by atoms with E-state index < -0.39 is 10.9 Å². The molecule has 0 aliphatic rings. The van der Waals surface area contributed by atoms with Crippen molar-refractivity contribution in [2.45, 2.75) is 13.0 Å². The zero-order valence-corrected chi connectivity index (χ0v) is 15.6. The van der Waals surface area contributed by atoms with Crippen LogP contribution in [0.1, 0.15) is 12.0 Å². The van der Waals surface area contributed by atoms with Gasteiger partial charge in [-0.2, -0.15) is 0 Å². The molecule has 0 bridgehead atoms. The molecule has 0 spiro atoms. The average Bonchev–Trinajstić information content (AvgIpc) is 2.52. The molecule has 1 rings (SSSR count). The molecule has 0 heterocycles. The van der Waals surface area contributed by atoms with E-state index in [4.69, 9.17) is 12.5 Å². The van der Waals surface area contributed by atoms with Crippen molar-refractivity contribution in [3.05, 3.63) is 35.9 Å². The van der Waals surface area contributed by atoms with Gasteiger partial charge in [0.05, 0.1) is 32.2 Å². The van der Waals surface area contributed by atoms with Gasteiger partial charge in [-0.15, -0.1) is 0 Å². The Morgan fingerprint density at radius 2 is 1.67 bits per heavy atom. The summed E-state index contributed by atoms with van der Waals surface area (Å²) in [6.07, 6.45) is 1.00. The monoisotopic (exact) mass is 351 g/mol. The normalized spacial score (nSPS) is 12.8. The van der Waals surface area contributed by atoms with Crippen molar-refractivity contribution in [3.8, 4) is 0 Å². The van der Waals surface area contributed by atoms with Crippen LogP contribution in [-0.2, 0) is 19.1 Å². The summed E-state index contributed by atoms with van der Waals surface area (Å²) in [5.74, 6) is 1.83. The Bertz CT molecular complexity index is 369. The molecule has 7 heteroatoms. The van der Waals surface area contributed by atoms with Crippen LogP contribution in [-0.4, -0.2) is 44.2 Å². The van der Waals surface area contributed by atoms with Crippen LogP contribution < -0.4 is 0 Å². The van der Waals surface area contributed by atoms with Gasteiger partial charge in [0, 0.05) is 18.1 Å². The third-order valence-corrected chi connectivity index (χ3v) is 7.65. The van der Waals surface area contributed by atoms with E-state index in [0.29, 0.717) is 0 Å². The maximum absolute atomic E-state index is 5.36. The highest BCUT2D eigenvalue weighted by Crippen LogP contribution is 2.49. The molecular formula is C14H25NO3S3. The Balaban J connectivity index is 2.16. The quantitative estimate of drug-likeness (QED) is 0.336. The molecule has 0 saturated heterocycles. The van der Waals surface area contributed by atoms with E-state index in [0.717, 1.165) is 24.5 Å². The van der Waals surface area contributed by atoms with Gasteiger partial charge in [0.1, 0.15) is 0 Å². The molecule has 1 aromatic carbocycles. The first-order valence-corrected chi connectivity index (χ1v) is 10.5. The maximum atomic E-state index is 5.36. The van der Waals surface area contributed by atoms with E-state index in [2.05, 4.69) is 35.6 Å². The molecule has 4 nitrogen and oxygen atoms in total. The van der Waals surface area contributed by atoms with Crippen LogP contribution in [0.25, 0.3) is 0 Å². The Hall–Kier alpha value is 0.110. The van der Waals surface area contributed by atoms with Gasteiger partial charge >= 0.3 is 0 Å². The van der Waals surface area contributed by atoms with E-state index in [-0.39, 0.29) is 0 Å². The highest BCUT2D eigenvalue weighted by Gasteiger charge is 2.22. The lowest BCUT2D eigenvalue weighted by Gasteiger charge is -2.33. The molecule has 0 N–H and O–H groups in total. The van der Waals surface area contributed by atoms with E-state index in [1.807, 2.05) is 16.9 Å². The van der Waals surface area contributed by atoms with Crippen molar-refractivity contribution in [1.29, 1.82) is 0 Å². The topological polar surface area (TPSA) is 30.9 Å². The minimum Gasteiger partial charge on any atom is -0.296 e. The second-order valence-corrected chi connectivity index (χ2v) is 9.38. The van der Waals surface area contributed by atoms with Gasteiger partial charge < -0.3 is 0 Å². The fraction of sp³-hybridized carbons (Fsp3) is 0.571. The van der Waals surface area contributed by atoms with Gasteiger partial charge in [0.25, 0.3) is 0 Å². The molecule has 0 unspecified atom stereocenters. The summed E-state index contributed by atoms with van der Waals surface area (Å²) in [7, 11) is 8.85. The first kappa shape index (κ1) is 19.2. The maximum Gasteiger partial charge on any atom is 0.0879 e. The van der Waals surface area contributed by atoms with Crippen molar-refractivity contribution in [3.63, 3.8) is 0 Å². The lowest BCUT2D eigenvalue weighted by Crippen LogP contribution is -2.11. The Morgan fingerprint density at radius 1 is 1.05 bits per heavy atom. The van der Waals surface area contributed by atoms with Gasteiger partial charge in [-0.1, -0.05) is 41.1 Å². The summed E-state index contributed by atoms with van der Waals surface area (Å²) in [5, 5.41) is 0. The summed E-state index contributed by atoms with van der Waals surface area (Å²) >= 11 is 0. The van der Waals surface area contributed by atoms with Gasteiger partial charge in [-0.3, -0.25) is 12.5 Å². The van der Waals surface area contributed by atoms with Gasteiger partial charge in [0.2, 0.25) is 0 Å². The smallest absolute Gasteiger partial charge is 0.0879 e. The molecular weight excluding hydrogens is 326 g/mol.